The molecule has 0 aromatic heterocycles. The van der Waals surface area contributed by atoms with Crippen LogP contribution in [0.15, 0.2) is 54.6 Å². The third kappa shape index (κ3) is 11.7. The van der Waals surface area contributed by atoms with Crippen LogP contribution in [0.3, 0.4) is 0 Å². The summed E-state index contributed by atoms with van der Waals surface area (Å²) in [4.78, 5) is 54.2. The molecule has 0 fully saturated rings. The lowest BCUT2D eigenvalue weighted by Crippen LogP contribution is -2.56. The van der Waals surface area contributed by atoms with Crippen molar-refractivity contribution in [1.82, 2.24) is 4.90 Å². The summed E-state index contributed by atoms with van der Waals surface area (Å²) in [6, 6.07) is 13.4. The van der Waals surface area contributed by atoms with Crippen LogP contribution in [0.1, 0.15) is 79.9 Å². The van der Waals surface area contributed by atoms with Gasteiger partial charge >= 0.3 is 24.1 Å². The van der Waals surface area contributed by atoms with Crippen molar-refractivity contribution < 1.29 is 48.0 Å². The summed E-state index contributed by atoms with van der Waals surface area (Å²) in [7, 11) is -2.40. The average molecular weight is 674 g/mol. The molecule has 0 spiro atoms. The van der Waals surface area contributed by atoms with Gasteiger partial charge in [-0.3, -0.25) is 0 Å². The van der Waals surface area contributed by atoms with E-state index >= 15 is 0 Å². The Kier molecular flexibility index (Phi) is 12.4. The zero-order valence-electron chi connectivity index (χ0n) is 29.5. The molecule has 0 saturated heterocycles. The van der Waals surface area contributed by atoms with Crippen LogP contribution < -0.4 is 4.43 Å². The lowest BCUT2D eigenvalue weighted by Gasteiger charge is -2.38. The maximum absolute atomic E-state index is 13.8. The van der Waals surface area contributed by atoms with Crippen molar-refractivity contribution in [2.75, 3.05) is 0 Å². The van der Waals surface area contributed by atoms with Gasteiger partial charge in [0.2, 0.25) is 8.32 Å². The number of aliphatic carboxylic acids is 1. The number of hydrogen-bond acceptors (Lipinski definition) is 9. The number of carboxylic acid groups (broad SMARTS) is 1. The maximum Gasteiger partial charge on any atom is 0.420 e. The molecule has 0 heterocycles. The Balaban J connectivity index is 2.66. The third-order valence-electron chi connectivity index (χ3n) is 7.54. The minimum absolute atomic E-state index is 0.182. The Morgan fingerprint density at radius 3 is 1.74 bits per heavy atom. The highest BCUT2D eigenvalue weighted by Gasteiger charge is 2.49. The number of imide groups is 1. The van der Waals surface area contributed by atoms with Crippen LogP contribution in [0, 0.1) is 0 Å². The number of nitrogens with zero attached hydrogens (tertiary/aromatic N) is 1. The molecule has 2 aromatic rings. The van der Waals surface area contributed by atoms with Gasteiger partial charge in [-0.1, -0.05) is 69.3 Å². The summed E-state index contributed by atoms with van der Waals surface area (Å²) in [6.45, 7) is 19.4. The van der Waals surface area contributed by atoms with Crippen molar-refractivity contribution in [3.05, 3.63) is 65.7 Å². The Bertz CT molecular complexity index is 1380. The lowest BCUT2D eigenvalue weighted by molar-refractivity contribution is -0.165. The van der Waals surface area contributed by atoms with Gasteiger partial charge in [0.1, 0.15) is 29.6 Å². The van der Waals surface area contributed by atoms with Crippen molar-refractivity contribution in [2.45, 2.75) is 123 Å². The molecular formula is C35H51NO10Si. The van der Waals surface area contributed by atoms with Gasteiger partial charge in [-0.25, -0.2) is 19.2 Å². The maximum atomic E-state index is 13.8. The first-order valence-corrected chi connectivity index (χ1v) is 18.4. The second kappa shape index (κ2) is 14.9. The molecule has 260 valence electrons. The molecule has 0 saturated carbocycles. The van der Waals surface area contributed by atoms with Crippen LogP contribution >= 0.6 is 0 Å². The molecule has 47 heavy (non-hydrogen) atoms. The van der Waals surface area contributed by atoms with E-state index < -0.39 is 68.1 Å². The van der Waals surface area contributed by atoms with Crippen LogP contribution in [0.5, 0.6) is 5.75 Å². The molecule has 1 unspecified atom stereocenters. The summed E-state index contributed by atoms with van der Waals surface area (Å²) < 4.78 is 22.9. The van der Waals surface area contributed by atoms with Gasteiger partial charge in [-0.2, -0.15) is 4.90 Å². The van der Waals surface area contributed by atoms with E-state index in [4.69, 9.17) is 18.6 Å². The number of esters is 1. The van der Waals surface area contributed by atoms with E-state index in [1.54, 1.807) is 96.1 Å². The number of ether oxygens (including phenoxy) is 3. The van der Waals surface area contributed by atoms with Crippen molar-refractivity contribution in [3.63, 3.8) is 0 Å². The first-order chi connectivity index (χ1) is 21.4. The molecule has 2 amide bonds. The monoisotopic (exact) mass is 673 g/mol. The number of rotatable bonds is 11. The molecule has 0 aliphatic rings. The SMILES string of the molecule is CC(C)(C)OC(=O)N(C(=O)OC(C)(C)C)[C@@H](CC(O)(Cc1ccccc1O[Si](C)(C)C(C)(C)C)C(=O)O)C(=O)OCc1ccccc1. The number of benzene rings is 2. The summed E-state index contributed by atoms with van der Waals surface area (Å²) in [5.74, 6) is -2.44. The molecule has 2 aromatic carbocycles. The van der Waals surface area contributed by atoms with E-state index in [-0.39, 0.29) is 11.6 Å². The molecule has 12 heteroatoms. The predicted molar refractivity (Wildman–Crippen MR) is 180 cm³/mol. The second-order valence-electron chi connectivity index (χ2n) is 15.1. The van der Waals surface area contributed by atoms with Gasteiger partial charge in [0, 0.05) is 12.8 Å². The van der Waals surface area contributed by atoms with E-state index in [0.29, 0.717) is 21.8 Å². The fourth-order valence-corrected chi connectivity index (χ4v) is 5.16. The van der Waals surface area contributed by atoms with Crippen LogP contribution in [0.4, 0.5) is 9.59 Å². The second-order valence-corrected chi connectivity index (χ2v) is 19.9. The topological polar surface area (TPSA) is 149 Å². The van der Waals surface area contributed by atoms with Gasteiger partial charge < -0.3 is 28.8 Å². The molecule has 0 aliphatic heterocycles. The van der Waals surface area contributed by atoms with E-state index in [2.05, 4.69) is 20.8 Å². The highest BCUT2D eigenvalue weighted by molar-refractivity contribution is 6.74. The van der Waals surface area contributed by atoms with E-state index in [9.17, 15) is 29.4 Å². The Morgan fingerprint density at radius 2 is 1.28 bits per heavy atom. The third-order valence-corrected chi connectivity index (χ3v) is 11.9. The van der Waals surface area contributed by atoms with Crippen molar-refractivity contribution in [2.24, 2.45) is 0 Å². The van der Waals surface area contributed by atoms with Crippen molar-refractivity contribution >= 4 is 32.4 Å². The summed E-state index contributed by atoms with van der Waals surface area (Å²) in [5.41, 5.74) is -3.95. The number of aliphatic hydroxyl groups is 1. The lowest BCUT2D eigenvalue weighted by atomic mass is 9.87. The quantitative estimate of drug-likeness (QED) is 0.144. The Labute approximate surface area is 279 Å². The average Bonchev–Trinajstić information content (AvgIpc) is 2.90. The van der Waals surface area contributed by atoms with Crippen LogP contribution in [0.2, 0.25) is 18.1 Å². The first kappa shape index (κ1) is 39.3. The van der Waals surface area contributed by atoms with Gasteiger partial charge in [0.15, 0.2) is 5.60 Å². The molecule has 0 radical (unpaired) electrons. The Hall–Kier alpha value is -3.90. The largest absolute Gasteiger partial charge is 0.543 e. The van der Waals surface area contributed by atoms with Crippen molar-refractivity contribution in [3.8, 4) is 5.75 Å². The number of hydrogen-bond donors (Lipinski definition) is 2. The fourth-order valence-electron chi connectivity index (χ4n) is 4.10. The number of carboxylic acids is 1. The molecule has 11 nitrogen and oxygen atoms in total. The van der Waals surface area contributed by atoms with E-state index in [1.165, 1.54) is 0 Å². The molecular weight excluding hydrogens is 622 g/mol. The molecule has 2 rings (SSSR count). The summed E-state index contributed by atoms with van der Waals surface area (Å²) in [5, 5.41) is 22.1. The number of para-hydroxylation sites is 1. The Morgan fingerprint density at radius 1 is 0.787 bits per heavy atom. The highest BCUT2D eigenvalue weighted by Crippen LogP contribution is 2.39. The minimum atomic E-state index is -2.69. The standard InChI is InChI=1S/C35H51NO10Si/c1-32(2,3)44-30(40)36(31(41)45-33(4,5)6)26(28(37)43-23-24-17-13-12-14-18-24)22-35(42,29(38)39)21-25-19-15-16-20-27(25)46-47(10,11)34(7,8)9/h12-20,26,42H,21-23H2,1-11H3,(H,38,39)/t26-,35?/m0/s1. The minimum Gasteiger partial charge on any atom is -0.543 e. The normalized spacial score (nSPS) is 14.3. The summed E-state index contributed by atoms with van der Waals surface area (Å²) in [6.07, 6.45) is -4.01. The molecule has 0 bridgehead atoms. The van der Waals surface area contributed by atoms with Gasteiger partial charge in [-0.15, -0.1) is 0 Å². The number of carbonyl (C=O) groups excluding carboxylic acids is 3. The number of amides is 2. The van der Waals surface area contributed by atoms with E-state index in [1.807, 2.05) is 13.1 Å². The summed E-state index contributed by atoms with van der Waals surface area (Å²) >= 11 is 0. The highest BCUT2D eigenvalue weighted by atomic mass is 28.4. The predicted octanol–water partition coefficient (Wildman–Crippen LogP) is 7.10. The van der Waals surface area contributed by atoms with Gasteiger partial charge in [0.05, 0.1) is 0 Å². The molecule has 2 N–H and O–H groups in total. The van der Waals surface area contributed by atoms with Crippen LogP contribution in [-0.2, 0) is 36.8 Å². The first-order valence-electron chi connectivity index (χ1n) is 15.5. The zero-order valence-corrected chi connectivity index (χ0v) is 30.5. The fraction of sp³-hybridized carbons (Fsp3) is 0.543. The van der Waals surface area contributed by atoms with Crippen molar-refractivity contribution in [1.29, 1.82) is 0 Å². The van der Waals surface area contributed by atoms with Gasteiger partial charge in [0.25, 0.3) is 0 Å². The van der Waals surface area contributed by atoms with Crippen LogP contribution in [0.25, 0.3) is 0 Å². The number of carbonyl (C=O) groups is 4. The van der Waals surface area contributed by atoms with Crippen LogP contribution in [-0.4, -0.2) is 70.4 Å². The van der Waals surface area contributed by atoms with E-state index in [0.717, 1.165) is 0 Å². The van der Waals surface area contributed by atoms with Gasteiger partial charge in [-0.05, 0) is 76.9 Å². The molecule has 2 atom stereocenters. The molecule has 0 aliphatic carbocycles. The smallest absolute Gasteiger partial charge is 0.420 e. The zero-order chi connectivity index (χ0) is 36.0.